The molecule has 1 aromatic heterocycles. The molecule has 1 spiro atoms. The molecular weight excluding hydrogens is 336 g/mol. The first-order valence-electron chi connectivity index (χ1n) is 10.2. The molecule has 5 heteroatoms. The number of amides is 1. The highest BCUT2D eigenvalue weighted by atomic mass is 16.2. The lowest BCUT2D eigenvalue weighted by atomic mass is 9.79. The van der Waals surface area contributed by atoms with E-state index in [2.05, 4.69) is 45.4 Å². The number of H-pyrrole nitrogens is 1. The normalized spacial score (nSPS) is 23.2. The first kappa shape index (κ1) is 18.2. The van der Waals surface area contributed by atoms with Crippen molar-refractivity contribution in [3.8, 4) is 0 Å². The van der Waals surface area contributed by atoms with Gasteiger partial charge in [-0.05, 0) is 57.7 Å². The fourth-order valence-corrected chi connectivity index (χ4v) is 4.83. The lowest BCUT2D eigenvalue weighted by Crippen LogP contribution is -2.45. The third-order valence-corrected chi connectivity index (χ3v) is 6.31. The highest BCUT2D eigenvalue weighted by molar-refractivity contribution is 5.95. The number of aromatic amines is 1. The summed E-state index contributed by atoms with van der Waals surface area (Å²) in [5, 5.41) is 6.89. The van der Waals surface area contributed by atoms with Gasteiger partial charge in [-0.3, -0.25) is 9.89 Å². The Morgan fingerprint density at radius 2 is 2.04 bits per heavy atom. The SMILES string of the molecule is Cc1[nH]ncc1C(=O)N1CC[C@@]2(CCCN(CCCc3ccccc3)C2)C1. The predicted octanol–water partition coefficient (Wildman–Crippen LogP) is 3.28. The molecule has 1 aromatic carbocycles. The summed E-state index contributed by atoms with van der Waals surface area (Å²) in [5.74, 6) is 0.138. The number of aryl methyl sites for hydroxylation is 2. The first-order chi connectivity index (χ1) is 13.2. The molecular formula is C22H30N4O. The molecule has 0 unspecified atom stereocenters. The van der Waals surface area contributed by atoms with Gasteiger partial charge in [0.1, 0.15) is 0 Å². The van der Waals surface area contributed by atoms with Crippen molar-refractivity contribution in [2.45, 2.75) is 39.0 Å². The minimum absolute atomic E-state index is 0.138. The number of aromatic nitrogens is 2. The molecule has 3 heterocycles. The largest absolute Gasteiger partial charge is 0.338 e. The van der Waals surface area contributed by atoms with Crippen molar-refractivity contribution in [3.63, 3.8) is 0 Å². The molecule has 2 aromatic rings. The zero-order chi connectivity index (χ0) is 18.7. The van der Waals surface area contributed by atoms with E-state index in [9.17, 15) is 4.79 Å². The highest BCUT2D eigenvalue weighted by Crippen LogP contribution is 2.39. The molecule has 2 aliphatic heterocycles. The fraction of sp³-hybridized carbons (Fsp3) is 0.545. The maximum atomic E-state index is 12.8. The molecule has 4 rings (SSSR count). The summed E-state index contributed by atoms with van der Waals surface area (Å²) >= 11 is 0. The average Bonchev–Trinajstić information content (AvgIpc) is 3.29. The number of carbonyl (C=O) groups is 1. The predicted molar refractivity (Wildman–Crippen MR) is 107 cm³/mol. The van der Waals surface area contributed by atoms with Crippen LogP contribution in [0.4, 0.5) is 0 Å². The Hall–Kier alpha value is -2.14. The van der Waals surface area contributed by atoms with Gasteiger partial charge in [-0.1, -0.05) is 30.3 Å². The van der Waals surface area contributed by atoms with Gasteiger partial charge in [0.2, 0.25) is 0 Å². The molecule has 0 radical (unpaired) electrons. The smallest absolute Gasteiger partial charge is 0.257 e. The van der Waals surface area contributed by atoms with E-state index in [1.165, 1.54) is 31.4 Å². The Balaban J connectivity index is 1.31. The van der Waals surface area contributed by atoms with E-state index >= 15 is 0 Å². The molecule has 1 atom stereocenters. The van der Waals surface area contributed by atoms with Crippen molar-refractivity contribution >= 4 is 5.91 Å². The number of piperidine rings is 1. The van der Waals surface area contributed by atoms with Crippen LogP contribution in [0, 0.1) is 12.3 Å². The number of rotatable bonds is 5. The number of benzene rings is 1. The molecule has 0 bridgehead atoms. The highest BCUT2D eigenvalue weighted by Gasteiger charge is 2.43. The third-order valence-electron chi connectivity index (χ3n) is 6.31. The van der Waals surface area contributed by atoms with Crippen LogP contribution < -0.4 is 0 Å². The summed E-state index contributed by atoms with van der Waals surface area (Å²) in [6.07, 6.45) is 7.64. The Morgan fingerprint density at radius 1 is 1.19 bits per heavy atom. The molecule has 2 saturated heterocycles. The van der Waals surface area contributed by atoms with Crippen molar-refractivity contribution in [2.24, 2.45) is 5.41 Å². The van der Waals surface area contributed by atoms with Crippen LogP contribution in [0.3, 0.4) is 0 Å². The molecule has 1 amide bonds. The third kappa shape index (κ3) is 4.08. The monoisotopic (exact) mass is 366 g/mol. The van der Waals surface area contributed by atoms with E-state index in [4.69, 9.17) is 0 Å². The standard InChI is InChI=1S/C22H30N4O/c1-18-20(15-23-24-18)21(27)26-14-11-22(17-26)10-6-13-25(16-22)12-5-9-19-7-3-2-4-8-19/h2-4,7-8,15H,5-6,9-14,16-17H2,1H3,(H,23,24)/t22-/m1/s1. The Morgan fingerprint density at radius 3 is 2.81 bits per heavy atom. The van der Waals surface area contributed by atoms with Gasteiger partial charge in [0, 0.05) is 30.7 Å². The lowest BCUT2D eigenvalue weighted by molar-refractivity contribution is 0.0687. The molecule has 144 valence electrons. The van der Waals surface area contributed by atoms with E-state index in [0.29, 0.717) is 0 Å². The van der Waals surface area contributed by atoms with Gasteiger partial charge in [0.05, 0.1) is 11.8 Å². The van der Waals surface area contributed by atoms with Crippen LogP contribution in [-0.4, -0.2) is 58.6 Å². The number of likely N-dealkylation sites (tertiary alicyclic amines) is 2. The minimum atomic E-state index is 0.138. The summed E-state index contributed by atoms with van der Waals surface area (Å²) < 4.78 is 0. The van der Waals surface area contributed by atoms with Gasteiger partial charge in [0.15, 0.2) is 0 Å². The Labute approximate surface area is 161 Å². The summed E-state index contributed by atoms with van der Waals surface area (Å²) in [4.78, 5) is 17.5. The van der Waals surface area contributed by atoms with Gasteiger partial charge in [-0.15, -0.1) is 0 Å². The van der Waals surface area contributed by atoms with Crippen LogP contribution >= 0.6 is 0 Å². The van der Waals surface area contributed by atoms with E-state index < -0.39 is 0 Å². The fourth-order valence-electron chi connectivity index (χ4n) is 4.83. The maximum Gasteiger partial charge on any atom is 0.257 e. The number of nitrogens with one attached hydrogen (secondary N) is 1. The number of nitrogens with zero attached hydrogens (tertiary/aromatic N) is 3. The molecule has 2 fully saturated rings. The van der Waals surface area contributed by atoms with E-state index in [0.717, 1.165) is 50.3 Å². The average molecular weight is 367 g/mol. The summed E-state index contributed by atoms with van der Waals surface area (Å²) in [7, 11) is 0. The van der Waals surface area contributed by atoms with Crippen LogP contribution in [-0.2, 0) is 6.42 Å². The zero-order valence-electron chi connectivity index (χ0n) is 16.3. The zero-order valence-corrected chi connectivity index (χ0v) is 16.3. The quantitative estimate of drug-likeness (QED) is 0.883. The van der Waals surface area contributed by atoms with Crippen LogP contribution in [0.5, 0.6) is 0 Å². The number of hydrogen-bond acceptors (Lipinski definition) is 3. The molecule has 27 heavy (non-hydrogen) atoms. The lowest BCUT2D eigenvalue weighted by Gasteiger charge is -2.40. The van der Waals surface area contributed by atoms with Crippen molar-refractivity contribution in [1.82, 2.24) is 20.0 Å². The summed E-state index contributed by atoms with van der Waals surface area (Å²) in [5.41, 5.74) is 3.31. The summed E-state index contributed by atoms with van der Waals surface area (Å²) in [6.45, 7) is 7.18. The summed E-state index contributed by atoms with van der Waals surface area (Å²) in [6, 6.07) is 10.8. The van der Waals surface area contributed by atoms with E-state index in [1.54, 1.807) is 6.20 Å². The second-order valence-electron chi connectivity index (χ2n) is 8.35. The van der Waals surface area contributed by atoms with E-state index in [1.807, 2.05) is 11.8 Å². The van der Waals surface area contributed by atoms with Gasteiger partial charge in [-0.2, -0.15) is 5.10 Å². The second-order valence-corrected chi connectivity index (χ2v) is 8.35. The first-order valence-corrected chi connectivity index (χ1v) is 10.2. The maximum absolute atomic E-state index is 12.8. The van der Waals surface area contributed by atoms with Crippen LogP contribution in [0.15, 0.2) is 36.5 Å². The van der Waals surface area contributed by atoms with Gasteiger partial charge in [-0.25, -0.2) is 0 Å². The van der Waals surface area contributed by atoms with E-state index in [-0.39, 0.29) is 11.3 Å². The van der Waals surface area contributed by atoms with Gasteiger partial charge >= 0.3 is 0 Å². The topological polar surface area (TPSA) is 52.2 Å². The molecule has 0 saturated carbocycles. The van der Waals surface area contributed by atoms with Crippen LogP contribution in [0.25, 0.3) is 0 Å². The molecule has 0 aliphatic carbocycles. The van der Waals surface area contributed by atoms with Crippen LogP contribution in [0.1, 0.15) is 47.3 Å². The molecule has 1 N–H and O–H groups in total. The molecule has 5 nitrogen and oxygen atoms in total. The Kier molecular flexibility index (Phi) is 5.30. The van der Waals surface area contributed by atoms with Crippen molar-refractivity contribution in [3.05, 3.63) is 53.3 Å². The van der Waals surface area contributed by atoms with Gasteiger partial charge < -0.3 is 9.80 Å². The Bertz CT molecular complexity index is 772. The van der Waals surface area contributed by atoms with Gasteiger partial charge in [0.25, 0.3) is 5.91 Å². The van der Waals surface area contributed by atoms with Crippen molar-refractivity contribution in [2.75, 3.05) is 32.7 Å². The molecule has 2 aliphatic rings. The second kappa shape index (κ2) is 7.85. The number of carbonyl (C=O) groups excluding carboxylic acids is 1. The van der Waals surface area contributed by atoms with Crippen LogP contribution in [0.2, 0.25) is 0 Å². The number of hydrogen-bond donors (Lipinski definition) is 1. The van der Waals surface area contributed by atoms with Crippen molar-refractivity contribution < 1.29 is 4.79 Å². The minimum Gasteiger partial charge on any atom is -0.338 e. The van der Waals surface area contributed by atoms with Crippen molar-refractivity contribution in [1.29, 1.82) is 0 Å².